The number of nitrogens with one attached hydrogen (secondary N) is 1. The molecule has 7 heteroatoms. The molecule has 1 aliphatic rings. The highest BCUT2D eigenvalue weighted by molar-refractivity contribution is 9.10. The summed E-state index contributed by atoms with van der Waals surface area (Å²) in [7, 11) is 1.91. The van der Waals surface area contributed by atoms with Crippen LogP contribution in [0.1, 0.15) is 25.6 Å². The van der Waals surface area contributed by atoms with Gasteiger partial charge in [-0.15, -0.1) is 0 Å². The molecule has 6 nitrogen and oxygen atoms in total. The van der Waals surface area contributed by atoms with Crippen LogP contribution in [0, 0.1) is 0 Å². The Kier molecular flexibility index (Phi) is 4.97. The van der Waals surface area contributed by atoms with E-state index in [1.165, 1.54) is 0 Å². The minimum absolute atomic E-state index is 0.0212. The van der Waals surface area contributed by atoms with E-state index in [9.17, 15) is 0 Å². The Balaban J connectivity index is 2.18. The van der Waals surface area contributed by atoms with Gasteiger partial charge < -0.3 is 4.74 Å². The summed E-state index contributed by atoms with van der Waals surface area (Å²) in [6.07, 6.45) is 1.80. The maximum Gasteiger partial charge on any atom is 0.0925 e. The molecule has 0 aromatic carbocycles. The van der Waals surface area contributed by atoms with Crippen LogP contribution in [-0.2, 0) is 11.8 Å². The third-order valence-corrected chi connectivity index (χ3v) is 4.25. The number of ether oxygens (including phenoxy) is 1. The first kappa shape index (κ1) is 14.9. The van der Waals surface area contributed by atoms with E-state index >= 15 is 0 Å². The monoisotopic (exact) mass is 331 g/mol. The van der Waals surface area contributed by atoms with Gasteiger partial charge in [0.25, 0.3) is 0 Å². The molecule has 1 fully saturated rings. The van der Waals surface area contributed by atoms with Crippen LogP contribution in [0.2, 0.25) is 0 Å². The SMILES string of the molecule is CC(C)N1CCOC(C(NN)c2c(Br)cnn2C)C1. The van der Waals surface area contributed by atoms with Crippen LogP contribution in [0.5, 0.6) is 0 Å². The zero-order valence-corrected chi connectivity index (χ0v) is 13.2. The molecule has 2 rings (SSSR count). The minimum Gasteiger partial charge on any atom is -0.373 e. The van der Waals surface area contributed by atoms with Crippen LogP contribution in [-0.4, -0.2) is 46.5 Å². The summed E-state index contributed by atoms with van der Waals surface area (Å²) in [5.74, 6) is 5.74. The molecule has 1 saturated heterocycles. The molecule has 0 spiro atoms. The molecular weight excluding hydrogens is 310 g/mol. The molecule has 0 saturated carbocycles. The topological polar surface area (TPSA) is 68.3 Å². The summed E-state index contributed by atoms with van der Waals surface area (Å²) >= 11 is 3.52. The van der Waals surface area contributed by atoms with Crippen molar-refractivity contribution >= 4 is 15.9 Å². The van der Waals surface area contributed by atoms with Gasteiger partial charge in [-0.05, 0) is 29.8 Å². The molecule has 1 aliphatic heterocycles. The smallest absolute Gasteiger partial charge is 0.0925 e. The Bertz CT molecular complexity index is 403. The number of hydrogen-bond acceptors (Lipinski definition) is 5. The van der Waals surface area contributed by atoms with Gasteiger partial charge in [-0.2, -0.15) is 5.10 Å². The first-order chi connectivity index (χ1) is 9.04. The van der Waals surface area contributed by atoms with E-state index in [2.05, 4.69) is 45.2 Å². The highest BCUT2D eigenvalue weighted by Crippen LogP contribution is 2.28. The first-order valence-corrected chi connectivity index (χ1v) is 7.33. The second-order valence-electron chi connectivity index (χ2n) is 5.14. The highest BCUT2D eigenvalue weighted by atomic mass is 79.9. The van der Waals surface area contributed by atoms with Crippen molar-refractivity contribution in [2.75, 3.05) is 19.7 Å². The maximum absolute atomic E-state index is 5.90. The molecule has 0 amide bonds. The van der Waals surface area contributed by atoms with Crippen molar-refractivity contribution in [3.05, 3.63) is 16.4 Å². The van der Waals surface area contributed by atoms with Crippen molar-refractivity contribution in [2.45, 2.75) is 32.0 Å². The number of rotatable bonds is 4. The van der Waals surface area contributed by atoms with E-state index in [0.29, 0.717) is 6.04 Å². The van der Waals surface area contributed by atoms with Gasteiger partial charge in [0.2, 0.25) is 0 Å². The van der Waals surface area contributed by atoms with Crippen molar-refractivity contribution in [3.8, 4) is 0 Å². The molecule has 3 N–H and O–H groups in total. The average Bonchev–Trinajstić information content (AvgIpc) is 2.72. The second kappa shape index (κ2) is 6.32. The van der Waals surface area contributed by atoms with Crippen LogP contribution in [0.25, 0.3) is 0 Å². The quantitative estimate of drug-likeness (QED) is 0.630. The van der Waals surface area contributed by atoms with E-state index in [-0.39, 0.29) is 12.1 Å². The summed E-state index contributed by atoms with van der Waals surface area (Å²) in [5.41, 5.74) is 3.88. The summed E-state index contributed by atoms with van der Waals surface area (Å²) in [6, 6.07) is 0.434. The van der Waals surface area contributed by atoms with Crippen molar-refractivity contribution in [1.82, 2.24) is 20.1 Å². The van der Waals surface area contributed by atoms with Crippen LogP contribution < -0.4 is 11.3 Å². The Morgan fingerprint density at radius 2 is 2.32 bits per heavy atom. The molecule has 2 atom stereocenters. The lowest BCUT2D eigenvalue weighted by Gasteiger charge is -2.38. The number of halogens is 1. The number of aromatic nitrogens is 2. The fourth-order valence-electron chi connectivity index (χ4n) is 2.50. The van der Waals surface area contributed by atoms with Gasteiger partial charge >= 0.3 is 0 Å². The summed E-state index contributed by atoms with van der Waals surface area (Å²) in [6.45, 7) is 6.97. The molecule has 1 aromatic rings. The average molecular weight is 332 g/mol. The predicted octanol–water partition coefficient (Wildman–Crippen LogP) is 0.796. The lowest BCUT2D eigenvalue weighted by Crippen LogP contribution is -2.51. The summed E-state index contributed by atoms with van der Waals surface area (Å²) in [5, 5.41) is 4.24. The van der Waals surface area contributed by atoms with Crippen molar-refractivity contribution in [2.24, 2.45) is 12.9 Å². The highest BCUT2D eigenvalue weighted by Gasteiger charge is 2.32. The van der Waals surface area contributed by atoms with Gasteiger partial charge in [0.05, 0.1) is 35.1 Å². The Labute approximate surface area is 122 Å². The Morgan fingerprint density at radius 3 is 2.84 bits per heavy atom. The van der Waals surface area contributed by atoms with Gasteiger partial charge in [0.15, 0.2) is 0 Å². The Hall–Kier alpha value is -0.470. The number of aryl methyl sites for hydroxylation is 1. The van der Waals surface area contributed by atoms with Crippen LogP contribution in [0.4, 0.5) is 0 Å². The van der Waals surface area contributed by atoms with E-state index in [1.54, 1.807) is 6.20 Å². The molecule has 0 aliphatic carbocycles. The zero-order chi connectivity index (χ0) is 14.0. The number of nitrogens with zero attached hydrogens (tertiary/aromatic N) is 3. The standard InChI is InChI=1S/C12H22BrN5O/c1-8(2)18-4-5-19-10(7-18)11(16-14)12-9(13)6-15-17(12)3/h6,8,10-11,16H,4-5,7,14H2,1-3H3. The van der Waals surface area contributed by atoms with E-state index < -0.39 is 0 Å². The lowest BCUT2D eigenvalue weighted by molar-refractivity contribution is -0.0573. The molecule has 108 valence electrons. The number of morpholine rings is 1. The van der Waals surface area contributed by atoms with E-state index in [4.69, 9.17) is 10.6 Å². The Morgan fingerprint density at radius 1 is 1.58 bits per heavy atom. The molecule has 2 heterocycles. The molecule has 19 heavy (non-hydrogen) atoms. The van der Waals surface area contributed by atoms with Gasteiger partial charge in [0, 0.05) is 26.2 Å². The van der Waals surface area contributed by atoms with Crippen molar-refractivity contribution in [3.63, 3.8) is 0 Å². The molecule has 2 unspecified atom stereocenters. The van der Waals surface area contributed by atoms with Crippen molar-refractivity contribution < 1.29 is 4.74 Å². The zero-order valence-electron chi connectivity index (χ0n) is 11.6. The van der Waals surface area contributed by atoms with Crippen LogP contribution in [0.15, 0.2) is 10.7 Å². The molecule has 1 aromatic heterocycles. The number of hydrazine groups is 1. The normalized spacial score (nSPS) is 22.9. The number of hydrogen-bond donors (Lipinski definition) is 2. The molecular formula is C12H22BrN5O. The third kappa shape index (κ3) is 3.17. The molecule has 0 radical (unpaired) electrons. The van der Waals surface area contributed by atoms with E-state index in [1.807, 2.05) is 11.7 Å². The van der Waals surface area contributed by atoms with Crippen LogP contribution >= 0.6 is 15.9 Å². The van der Waals surface area contributed by atoms with Gasteiger partial charge in [-0.25, -0.2) is 5.43 Å². The third-order valence-electron chi connectivity index (χ3n) is 3.64. The molecule has 0 bridgehead atoms. The summed E-state index contributed by atoms with van der Waals surface area (Å²) in [4.78, 5) is 2.41. The summed E-state index contributed by atoms with van der Waals surface area (Å²) < 4.78 is 8.67. The van der Waals surface area contributed by atoms with Crippen molar-refractivity contribution in [1.29, 1.82) is 0 Å². The van der Waals surface area contributed by atoms with E-state index in [0.717, 1.165) is 29.9 Å². The fraction of sp³-hybridized carbons (Fsp3) is 0.750. The number of nitrogens with two attached hydrogens (primary N) is 1. The lowest BCUT2D eigenvalue weighted by atomic mass is 10.1. The van der Waals surface area contributed by atoms with Crippen LogP contribution in [0.3, 0.4) is 0 Å². The fourth-order valence-corrected chi connectivity index (χ4v) is 3.09. The maximum atomic E-state index is 5.90. The second-order valence-corrected chi connectivity index (χ2v) is 6.00. The first-order valence-electron chi connectivity index (χ1n) is 6.53. The largest absolute Gasteiger partial charge is 0.373 e. The van der Waals surface area contributed by atoms with Gasteiger partial charge in [-0.3, -0.25) is 15.4 Å². The van der Waals surface area contributed by atoms with Gasteiger partial charge in [0.1, 0.15) is 0 Å². The minimum atomic E-state index is -0.0802. The van der Waals surface area contributed by atoms with Gasteiger partial charge in [-0.1, -0.05) is 0 Å². The predicted molar refractivity (Wildman–Crippen MR) is 77.4 cm³/mol.